The van der Waals surface area contributed by atoms with Gasteiger partial charge in [0.15, 0.2) is 0 Å². The molecule has 0 aromatic carbocycles. The first-order valence-corrected chi connectivity index (χ1v) is 8.52. The van der Waals surface area contributed by atoms with E-state index < -0.39 is 0 Å². The largest absolute Gasteiger partial charge is 0.357 e. The van der Waals surface area contributed by atoms with E-state index in [1.807, 2.05) is 0 Å². The molecule has 3 nitrogen and oxygen atoms in total. The highest BCUT2D eigenvalue weighted by atomic mass is 15.2. The molecule has 1 saturated heterocycles. The Balaban J connectivity index is 2.13. The van der Waals surface area contributed by atoms with Gasteiger partial charge in [-0.1, -0.05) is 27.7 Å². The molecule has 0 aliphatic carbocycles. The van der Waals surface area contributed by atoms with Crippen molar-refractivity contribution < 1.29 is 0 Å². The summed E-state index contributed by atoms with van der Waals surface area (Å²) in [7, 11) is 0. The van der Waals surface area contributed by atoms with Crippen molar-refractivity contribution in [2.24, 2.45) is 5.92 Å². The highest BCUT2D eigenvalue weighted by molar-refractivity contribution is 5.43. The zero-order valence-electron chi connectivity index (χ0n) is 14.2. The van der Waals surface area contributed by atoms with Gasteiger partial charge in [-0.2, -0.15) is 0 Å². The maximum absolute atomic E-state index is 4.90. The summed E-state index contributed by atoms with van der Waals surface area (Å²) in [6.45, 7) is 13.3. The number of rotatable bonds is 6. The van der Waals surface area contributed by atoms with Gasteiger partial charge in [-0.15, -0.1) is 0 Å². The van der Waals surface area contributed by atoms with Crippen LogP contribution in [0.15, 0.2) is 12.1 Å². The van der Waals surface area contributed by atoms with E-state index in [4.69, 9.17) is 4.98 Å². The number of anilines is 1. The lowest BCUT2D eigenvalue weighted by atomic mass is 10.1. The molecule has 118 valence electrons. The number of pyridine rings is 1. The predicted octanol–water partition coefficient (Wildman–Crippen LogP) is 3.94. The van der Waals surface area contributed by atoms with Crippen LogP contribution in [0, 0.1) is 5.92 Å². The van der Waals surface area contributed by atoms with Gasteiger partial charge in [0, 0.05) is 25.3 Å². The molecule has 0 radical (unpaired) electrons. The minimum Gasteiger partial charge on any atom is -0.357 e. The maximum atomic E-state index is 4.90. The Bertz CT molecular complexity index is 434. The number of piperidine rings is 1. The molecule has 1 aromatic heterocycles. The monoisotopic (exact) mass is 289 g/mol. The minimum absolute atomic E-state index is 0.485. The molecule has 2 rings (SSSR count). The van der Waals surface area contributed by atoms with E-state index in [0.29, 0.717) is 11.8 Å². The Labute approximate surface area is 130 Å². The molecular weight excluding hydrogens is 258 g/mol. The Kier molecular flexibility index (Phi) is 6.04. The number of nitrogens with one attached hydrogen (secondary N) is 1. The molecule has 1 N–H and O–H groups in total. The molecule has 1 aromatic rings. The third kappa shape index (κ3) is 4.99. The summed E-state index contributed by atoms with van der Waals surface area (Å²) in [5.74, 6) is 2.36. The molecule has 1 fully saturated rings. The summed E-state index contributed by atoms with van der Waals surface area (Å²) in [6, 6.07) is 4.55. The van der Waals surface area contributed by atoms with Crippen molar-refractivity contribution in [2.45, 2.75) is 59.4 Å². The van der Waals surface area contributed by atoms with Crippen LogP contribution in [0.25, 0.3) is 0 Å². The van der Waals surface area contributed by atoms with E-state index in [-0.39, 0.29) is 0 Å². The molecule has 0 atom stereocenters. The van der Waals surface area contributed by atoms with Gasteiger partial charge in [-0.25, -0.2) is 4.98 Å². The standard InChI is InChI=1S/C18H31N3/c1-14(2)12-19-13-16-10-17(15(3)4)20-18(11-16)21-8-6-5-7-9-21/h10-11,14-15,19H,5-9,12-13H2,1-4H3. The Morgan fingerprint density at radius 2 is 1.81 bits per heavy atom. The normalized spacial score (nSPS) is 16.0. The van der Waals surface area contributed by atoms with E-state index in [1.54, 1.807) is 0 Å². The number of hydrogen-bond donors (Lipinski definition) is 1. The number of hydrogen-bond acceptors (Lipinski definition) is 3. The second-order valence-electron chi connectivity index (χ2n) is 6.99. The van der Waals surface area contributed by atoms with Gasteiger partial charge >= 0.3 is 0 Å². The first kappa shape index (κ1) is 16.3. The van der Waals surface area contributed by atoms with Crippen LogP contribution in [0.2, 0.25) is 0 Å². The average Bonchev–Trinajstić information content (AvgIpc) is 2.47. The molecule has 0 saturated carbocycles. The minimum atomic E-state index is 0.485. The molecule has 1 aliphatic heterocycles. The van der Waals surface area contributed by atoms with E-state index >= 15 is 0 Å². The van der Waals surface area contributed by atoms with Gasteiger partial charge in [0.25, 0.3) is 0 Å². The summed E-state index contributed by atoms with van der Waals surface area (Å²) in [5.41, 5.74) is 2.59. The first-order valence-electron chi connectivity index (χ1n) is 8.52. The zero-order chi connectivity index (χ0) is 15.2. The summed E-state index contributed by atoms with van der Waals surface area (Å²) >= 11 is 0. The second-order valence-corrected chi connectivity index (χ2v) is 6.99. The smallest absolute Gasteiger partial charge is 0.129 e. The summed E-state index contributed by atoms with van der Waals surface area (Å²) in [5, 5.41) is 3.55. The SMILES string of the molecule is CC(C)CNCc1cc(C(C)C)nc(N2CCCCC2)c1. The summed E-state index contributed by atoms with van der Waals surface area (Å²) in [4.78, 5) is 7.36. The van der Waals surface area contributed by atoms with Crippen molar-refractivity contribution in [1.29, 1.82) is 0 Å². The van der Waals surface area contributed by atoms with E-state index in [1.165, 1.54) is 36.3 Å². The average molecular weight is 289 g/mol. The molecule has 21 heavy (non-hydrogen) atoms. The second kappa shape index (κ2) is 7.79. The van der Waals surface area contributed by atoms with Crippen molar-refractivity contribution in [3.8, 4) is 0 Å². The van der Waals surface area contributed by atoms with Crippen LogP contribution in [-0.4, -0.2) is 24.6 Å². The van der Waals surface area contributed by atoms with Crippen LogP contribution in [-0.2, 0) is 6.54 Å². The van der Waals surface area contributed by atoms with Crippen LogP contribution in [0.4, 0.5) is 5.82 Å². The van der Waals surface area contributed by atoms with Gasteiger partial charge in [-0.3, -0.25) is 0 Å². The van der Waals surface area contributed by atoms with Crippen molar-refractivity contribution >= 4 is 5.82 Å². The van der Waals surface area contributed by atoms with Crippen LogP contribution in [0.5, 0.6) is 0 Å². The summed E-state index contributed by atoms with van der Waals surface area (Å²) in [6.07, 6.45) is 3.96. The highest BCUT2D eigenvalue weighted by Crippen LogP contribution is 2.23. The maximum Gasteiger partial charge on any atom is 0.129 e. The molecule has 0 unspecified atom stereocenters. The third-order valence-corrected chi connectivity index (χ3v) is 4.04. The number of nitrogens with zero attached hydrogens (tertiary/aromatic N) is 2. The molecular formula is C18H31N3. The van der Waals surface area contributed by atoms with Crippen molar-refractivity contribution in [2.75, 3.05) is 24.5 Å². The van der Waals surface area contributed by atoms with Crippen molar-refractivity contribution in [3.05, 3.63) is 23.4 Å². The van der Waals surface area contributed by atoms with Gasteiger partial charge in [0.2, 0.25) is 0 Å². The molecule has 0 spiro atoms. The third-order valence-electron chi connectivity index (χ3n) is 4.04. The fraction of sp³-hybridized carbons (Fsp3) is 0.722. The quantitative estimate of drug-likeness (QED) is 0.859. The van der Waals surface area contributed by atoms with E-state index in [0.717, 1.165) is 26.2 Å². The van der Waals surface area contributed by atoms with Gasteiger partial charge in [0.05, 0.1) is 0 Å². The Morgan fingerprint density at radius 1 is 1.10 bits per heavy atom. The van der Waals surface area contributed by atoms with Crippen LogP contribution < -0.4 is 10.2 Å². The van der Waals surface area contributed by atoms with Crippen LogP contribution in [0.1, 0.15) is 64.1 Å². The predicted molar refractivity (Wildman–Crippen MR) is 90.9 cm³/mol. The lowest BCUT2D eigenvalue weighted by Gasteiger charge is -2.29. The Hall–Kier alpha value is -1.09. The van der Waals surface area contributed by atoms with Gasteiger partial charge < -0.3 is 10.2 Å². The molecule has 0 bridgehead atoms. The zero-order valence-corrected chi connectivity index (χ0v) is 14.2. The van der Waals surface area contributed by atoms with E-state index in [2.05, 4.69) is 50.0 Å². The van der Waals surface area contributed by atoms with Crippen LogP contribution >= 0.6 is 0 Å². The molecule has 2 heterocycles. The topological polar surface area (TPSA) is 28.2 Å². The van der Waals surface area contributed by atoms with Crippen LogP contribution in [0.3, 0.4) is 0 Å². The first-order chi connectivity index (χ1) is 10.1. The van der Waals surface area contributed by atoms with Crippen molar-refractivity contribution in [3.63, 3.8) is 0 Å². The fourth-order valence-electron chi connectivity index (χ4n) is 2.78. The Morgan fingerprint density at radius 3 is 2.43 bits per heavy atom. The lowest BCUT2D eigenvalue weighted by Crippen LogP contribution is -2.30. The molecule has 0 amide bonds. The van der Waals surface area contributed by atoms with E-state index in [9.17, 15) is 0 Å². The fourth-order valence-corrected chi connectivity index (χ4v) is 2.78. The number of aromatic nitrogens is 1. The lowest BCUT2D eigenvalue weighted by molar-refractivity contribution is 0.550. The van der Waals surface area contributed by atoms with Gasteiger partial charge in [0.1, 0.15) is 5.82 Å². The molecule has 3 heteroatoms. The highest BCUT2D eigenvalue weighted by Gasteiger charge is 2.14. The summed E-state index contributed by atoms with van der Waals surface area (Å²) < 4.78 is 0. The molecule has 1 aliphatic rings. The van der Waals surface area contributed by atoms with Crippen molar-refractivity contribution in [1.82, 2.24) is 10.3 Å². The van der Waals surface area contributed by atoms with Gasteiger partial charge in [-0.05, 0) is 55.3 Å².